The van der Waals surface area contributed by atoms with Gasteiger partial charge in [-0.05, 0) is 19.4 Å². The molecule has 1 atom stereocenters. The molecule has 0 bridgehead atoms. The second kappa shape index (κ2) is 3.58. The normalized spacial score (nSPS) is 27.0. The number of aromatic amines is 1. The molecule has 0 amide bonds. The average Bonchev–Trinajstić information content (AvgIpc) is 2.73. The molecule has 84 valence electrons. The molecule has 0 aromatic carbocycles. The molecule has 0 radical (unpaired) electrons. The van der Waals surface area contributed by atoms with Crippen LogP contribution >= 0.6 is 0 Å². The van der Waals surface area contributed by atoms with Gasteiger partial charge in [-0.25, -0.2) is 13.1 Å². The number of nitrogens with one attached hydrogen (secondary N) is 2. The molecule has 1 saturated heterocycles. The van der Waals surface area contributed by atoms with Gasteiger partial charge in [0.15, 0.2) is 5.03 Å². The SMILES string of the molecule is CC1(NS(=O)(=O)c2ccn[nH]2)CCOC1. The van der Waals surface area contributed by atoms with E-state index in [-0.39, 0.29) is 5.03 Å². The van der Waals surface area contributed by atoms with Gasteiger partial charge in [0, 0.05) is 6.61 Å². The van der Waals surface area contributed by atoms with Crippen molar-refractivity contribution in [1.82, 2.24) is 14.9 Å². The summed E-state index contributed by atoms with van der Waals surface area (Å²) < 4.78 is 31.4. The maximum Gasteiger partial charge on any atom is 0.258 e. The van der Waals surface area contributed by atoms with Crippen LogP contribution in [0, 0.1) is 0 Å². The standard InChI is InChI=1S/C8H13N3O3S/c1-8(3-5-14-6-8)11-15(12,13)7-2-4-9-10-7/h2,4,11H,3,5-6H2,1H3,(H,9,10). The average molecular weight is 231 g/mol. The van der Waals surface area contributed by atoms with Crippen molar-refractivity contribution in [3.63, 3.8) is 0 Å². The second-order valence-electron chi connectivity index (χ2n) is 3.89. The lowest BCUT2D eigenvalue weighted by Crippen LogP contribution is -2.46. The van der Waals surface area contributed by atoms with Crippen LogP contribution in [0.1, 0.15) is 13.3 Å². The highest BCUT2D eigenvalue weighted by atomic mass is 32.2. The fourth-order valence-corrected chi connectivity index (χ4v) is 2.85. The quantitative estimate of drug-likeness (QED) is 0.758. The number of ether oxygens (including phenoxy) is 1. The molecular formula is C8H13N3O3S. The summed E-state index contributed by atoms with van der Waals surface area (Å²) >= 11 is 0. The van der Waals surface area contributed by atoms with Crippen molar-refractivity contribution < 1.29 is 13.2 Å². The third-order valence-corrected chi connectivity index (χ3v) is 3.93. The van der Waals surface area contributed by atoms with E-state index in [1.54, 1.807) is 0 Å². The second-order valence-corrected chi connectivity index (χ2v) is 5.54. The largest absolute Gasteiger partial charge is 0.379 e. The van der Waals surface area contributed by atoms with Gasteiger partial charge in [-0.2, -0.15) is 5.10 Å². The van der Waals surface area contributed by atoms with Crippen LogP contribution in [0.2, 0.25) is 0 Å². The van der Waals surface area contributed by atoms with Gasteiger partial charge in [0.05, 0.1) is 18.3 Å². The number of nitrogens with zero attached hydrogens (tertiary/aromatic N) is 1. The summed E-state index contributed by atoms with van der Waals surface area (Å²) in [6.45, 7) is 2.82. The first kappa shape index (κ1) is 10.6. The summed E-state index contributed by atoms with van der Waals surface area (Å²) in [7, 11) is -3.51. The van der Waals surface area contributed by atoms with Gasteiger partial charge in [0.1, 0.15) is 0 Å². The van der Waals surface area contributed by atoms with E-state index in [4.69, 9.17) is 4.74 Å². The number of hydrogen-bond acceptors (Lipinski definition) is 4. The topological polar surface area (TPSA) is 84.1 Å². The smallest absolute Gasteiger partial charge is 0.258 e. The molecule has 0 aliphatic carbocycles. The lowest BCUT2D eigenvalue weighted by Gasteiger charge is -2.22. The molecular weight excluding hydrogens is 218 g/mol. The molecule has 0 spiro atoms. The van der Waals surface area contributed by atoms with Crippen LogP contribution in [-0.2, 0) is 14.8 Å². The Hall–Kier alpha value is -0.920. The zero-order valence-electron chi connectivity index (χ0n) is 8.36. The van der Waals surface area contributed by atoms with Crippen molar-refractivity contribution in [2.45, 2.75) is 23.9 Å². The molecule has 0 saturated carbocycles. The number of aromatic nitrogens is 2. The highest BCUT2D eigenvalue weighted by Gasteiger charge is 2.34. The van der Waals surface area contributed by atoms with E-state index in [2.05, 4.69) is 14.9 Å². The van der Waals surface area contributed by atoms with Crippen molar-refractivity contribution in [3.05, 3.63) is 12.3 Å². The van der Waals surface area contributed by atoms with Gasteiger partial charge in [0.2, 0.25) is 0 Å². The van der Waals surface area contributed by atoms with Crippen LogP contribution in [0.25, 0.3) is 0 Å². The molecule has 2 N–H and O–H groups in total. The van der Waals surface area contributed by atoms with Crippen molar-refractivity contribution in [2.24, 2.45) is 0 Å². The van der Waals surface area contributed by atoms with Crippen molar-refractivity contribution in [1.29, 1.82) is 0 Å². The summed E-state index contributed by atoms with van der Waals surface area (Å²) in [4.78, 5) is 0. The first-order valence-electron chi connectivity index (χ1n) is 4.63. The van der Waals surface area contributed by atoms with E-state index in [9.17, 15) is 8.42 Å². The summed E-state index contributed by atoms with van der Waals surface area (Å²) in [5, 5.41) is 6.12. The Morgan fingerprint density at radius 3 is 3.00 bits per heavy atom. The Morgan fingerprint density at radius 1 is 1.67 bits per heavy atom. The molecule has 1 aliphatic rings. The Morgan fingerprint density at radius 2 is 2.47 bits per heavy atom. The lowest BCUT2D eigenvalue weighted by atomic mass is 10.0. The fourth-order valence-electron chi connectivity index (χ4n) is 1.52. The van der Waals surface area contributed by atoms with Crippen LogP contribution in [0.4, 0.5) is 0 Å². The molecule has 1 aromatic heterocycles. The molecule has 1 aromatic rings. The van der Waals surface area contributed by atoms with Crippen LogP contribution in [0.5, 0.6) is 0 Å². The van der Waals surface area contributed by atoms with Gasteiger partial charge in [-0.3, -0.25) is 5.10 Å². The predicted molar refractivity (Wildman–Crippen MR) is 52.8 cm³/mol. The third-order valence-electron chi connectivity index (χ3n) is 2.36. The number of H-pyrrole nitrogens is 1. The molecule has 6 nitrogen and oxygen atoms in total. The third kappa shape index (κ3) is 2.19. The molecule has 7 heteroatoms. The van der Waals surface area contributed by atoms with E-state index in [0.717, 1.165) is 0 Å². The van der Waals surface area contributed by atoms with Crippen molar-refractivity contribution in [2.75, 3.05) is 13.2 Å². The van der Waals surface area contributed by atoms with E-state index < -0.39 is 15.6 Å². The molecule has 2 heterocycles. The van der Waals surface area contributed by atoms with Crippen molar-refractivity contribution >= 4 is 10.0 Å². The maximum atomic E-state index is 11.8. The van der Waals surface area contributed by atoms with E-state index in [1.165, 1.54) is 12.3 Å². The maximum absolute atomic E-state index is 11.8. The van der Waals surface area contributed by atoms with Gasteiger partial charge >= 0.3 is 0 Å². The monoisotopic (exact) mass is 231 g/mol. The first-order chi connectivity index (χ1) is 7.02. The number of sulfonamides is 1. The highest BCUT2D eigenvalue weighted by Crippen LogP contribution is 2.20. The number of rotatable bonds is 3. The van der Waals surface area contributed by atoms with Gasteiger partial charge in [-0.15, -0.1) is 0 Å². The minimum Gasteiger partial charge on any atom is -0.379 e. The van der Waals surface area contributed by atoms with Crippen LogP contribution in [-0.4, -0.2) is 37.4 Å². The minimum atomic E-state index is -3.51. The predicted octanol–water partition coefficient (Wildman–Crippen LogP) is -0.133. The van der Waals surface area contributed by atoms with Gasteiger partial charge < -0.3 is 4.74 Å². The summed E-state index contributed by atoms with van der Waals surface area (Å²) in [6, 6.07) is 1.42. The summed E-state index contributed by atoms with van der Waals surface area (Å²) in [5.41, 5.74) is -0.510. The number of hydrogen-bond donors (Lipinski definition) is 2. The first-order valence-corrected chi connectivity index (χ1v) is 6.11. The van der Waals surface area contributed by atoms with E-state index in [0.29, 0.717) is 19.6 Å². The van der Waals surface area contributed by atoms with Crippen LogP contribution in [0.3, 0.4) is 0 Å². The fraction of sp³-hybridized carbons (Fsp3) is 0.625. The minimum absolute atomic E-state index is 0.0793. The van der Waals surface area contributed by atoms with Gasteiger partial charge in [-0.1, -0.05) is 0 Å². The summed E-state index contributed by atoms with van der Waals surface area (Å²) in [5.74, 6) is 0. The Kier molecular flexibility index (Phi) is 2.53. The van der Waals surface area contributed by atoms with E-state index >= 15 is 0 Å². The Balaban J connectivity index is 2.18. The van der Waals surface area contributed by atoms with Crippen LogP contribution in [0.15, 0.2) is 17.3 Å². The molecule has 15 heavy (non-hydrogen) atoms. The lowest BCUT2D eigenvalue weighted by molar-refractivity contribution is 0.178. The van der Waals surface area contributed by atoms with Gasteiger partial charge in [0.25, 0.3) is 10.0 Å². The van der Waals surface area contributed by atoms with E-state index in [1.807, 2.05) is 6.92 Å². The molecule has 1 aliphatic heterocycles. The molecule has 1 fully saturated rings. The molecule has 2 rings (SSSR count). The zero-order valence-corrected chi connectivity index (χ0v) is 9.17. The summed E-state index contributed by atoms with van der Waals surface area (Å²) in [6.07, 6.45) is 2.09. The van der Waals surface area contributed by atoms with Crippen molar-refractivity contribution in [3.8, 4) is 0 Å². The zero-order chi connectivity index (χ0) is 10.9. The highest BCUT2D eigenvalue weighted by molar-refractivity contribution is 7.89. The van der Waals surface area contributed by atoms with Crippen LogP contribution < -0.4 is 4.72 Å². The molecule has 1 unspecified atom stereocenters. The Bertz CT molecular complexity index is 420. The Labute approximate surface area is 88.1 Å².